The first-order chi connectivity index (χ1) is 9.36. The third-order valence-corrected chi connectivity index (χ3v) is 4.01. The van der Waals surface area contributed by atoms with E-state index in [-0.39, 0.29) is 34.7 Å². The van der Waals surface area contributed by atoms with Gasteiger partial charge in [0.25, 0.3) is 5.91 Å². The maximum absolute atomic E-state index is 12.0. The molecule has 108 valence electrons. The number of methoxy groups -OCH3 is 1. The molecule has 0 bridgehead atoms. The topological polar surface area (TPSA) is 88.5 Å². The number of ether oxygens (including phenoxy) is 1. The Bertz CT molecular complexity index is 524. The van der Waals surface area contributed by atoms with Gasteiger partial charge >= 0.3 is 5.97 Å². The summed E-state index contributed by atoms with van der Waals surface area (Å²) < 4.78 is 5.33. The molecule has 1 aliphatic rings. The molecular formula is C14H18N2O4. The summed E-state index contributed by atoms with van der Waals surface area (Å²) in [7, 11) is 1.66. The number of aromatic carboxylic acids is 1. The van der Waals surface area contributed by atoms with E-state index in [1.165, 1.54) is 18.3 Å². The Hall–Kier alpha value is -1.95. The second kappa shape index (κ2) is 5.20. The fraction of sp³-hybridized carbons (Fsp3) is 0.500. The highest BCUT2D eigenvalue weighted by Crippen LogP contribution is 2.42. The molecule has 1 aromatic rings. The maximum atomic E-state index is 12.0. The minimum absolute atomic E-state index is 0.0286. The average molecular weight is 278 g/mol. The van der Waals surface area contributed by atoms with Crippen LogP contribution in [0.5, 0.6) is 0 Å². The number of amides is 1. The molecule has 1 saturated carbocycles. The van der Waals surface area contributed by atoms with Crippen LogP contribution in [0, 0.1) is 5.41 Å². The second-order valence-corrected chi connectivity index (χ2v) is 5.54. The van der Waals surface area contributed by atoms with Crippen LogP contribution in [0.25, 0.3) is 0 Å². The zero-order chi connectivity index (χ0) is 14.9. The molecule has 0 aromatic carbocycles. The molecule has 20 heavy (non-hydrogen) atoms. The lowest BCUT2D eigenvalue weighted by Gasteiger charge is -2.51. The minimum atomic E-state index is -1.06. The second-order valence-electron chi connectivity index (χ2n) is 5.54. The summed E-state index contributed by atoms with van der Waals surface area (Å²) in [5.41, 5.74) is 0.155. The van der Waals surface area contributed by atoms with Gasteiger partial charge < -0.3 is 15.2 Å². The molecule has 0 saturated heterocycles. The fourth-order valence-electron chi connectivity index (χ4n) is 2.42. The first-order valence-electron chi connectivity index (χ1n) is 6.39. The quantitative estimate of drug-likeness (QED) is 0.867. The summed E-state index contributed by atoms with van der Waals surface area (Å²) in [6.07, 6.45) is 2.08. The Kier molecular flexibility index (Phi) is 3.76. The van der Waals surface area contributed by atoms with Crippen LogP contribution < -0.4 is 5.32 Å². The number of hydrogen-bond acceptors (Lipinski definition) is 4. The molecule has 2 rings (SSSR count). The Morgan fingerprint density at radius 3 is 2.60 bits per heavy atom. The molecule has 2 N–H and O–H groups in total. The monoisotopic (exact) mass is 278 g/mol. The van der Waals surface area contributed by atoms with Crippen LogP contribution in [0.1, 0.15) is 41.1 Å². The normalized spacial score (nSPS) is 23.8. The summed E-state index contributed by atoms with van der Waals surface area (Å²) in [6.45, 7) is 4.08. The van der Waals surface area contributed by atoms with Crippen molar-refractivity contribution < 1.29 is 19.4 Å². The third kappa shape index (κ3) is 2.51. The smallest absolute Gasteiger partial charge is 0.337 e. The van der Waals surface area contributed by atoms with E-state index in [9.17, 15) is 9.59 Å². The van der Waals surface area contributed by atoms with Crippen molar-refractivity contribution in [3.63, 3.8) is 0 Å². The van der Waals surface area contributed by atoms with Crippen molar-refractivity contribution in [2.24, 2.45) is 5.41 Å². The van der Waals surface area contributed by atoms with Gasteiger partial charge in [-0.25, -0.2) is 4.79 Å². The zero-order valence-electron chi connectivity index (χ0n) is 11.7. The van der Waals surface area contributed by atoms with E-state index < -0.39 is 5.97 Å². The Morgan fingerprint density at radius 1 is 1.45 bits per heavy atom. The van der Waals surface area contributed by atoms with Gasteiger partial charge in [-0.1, -0.05) is 13.8 Å². The highest BCUT2D eigenvalue weighted by molar-refractivity contribution is 5.94. The maximum Gasteiger partial charge on any atom is 0.337 e. The van der Waals surface area contributed by atoms with E-state index >= 15 is 0 Å². The molecule has 2 atom stereocenters. The average Bonchev–Trinajstić information content (AvgIpc) is 2.42. The number of nitrogens with zero attached hydrogens (tertiary/aromatic N) is 1. The lowest BCUT2D eigenvalue weighted by molar-refractivity contribution is -0.0942. The van der Waals surface area contributed by atoms with Crippen molar-refractivity contribution in [1.29, 1.82) is 0 Å². The van der Waals surface area contributed by atoms with Crippen molar-refractivity contribution in [2.75, 3.05) is 7.11 Å². The van der Waals surface area contributed by atoms with E-state index in [0.717, 1.165) is 6.42 Å². The van der Waals surface area contributed by atoms with Gasteiger partial charge in [0.2, 0.25) is 0 Å². The van der Waals surface area contributed by atoms with E-state index in [0.29, 0.717) is 0 Å². The van der Waals surface area contributed by atoms with E-state index in [1.807, 2.05) is 13.8 Å². The molecule has 1 amide bonds. The van der Waals surface area contributed by atoms with Crippen LogP contribution in [0.2, 0.25) is 0 Å². The number of carbonyl (C=O) groups is 2. The van der Waals surface area contributed by atoms with Crippen LogP contribution in [-0.2, 0) is 4.74 Å². The predicted octanol–water partition coefficient (Wildman–Crippen LogP) is 1.32. The first kappa shape index (κ1) is 14.5. The number of rotatable bonds is 4. The van der Waals surface area contributed by atoms with Gasteiger partial charge in [-0.15, -0.1) is 0 Å². The molecule has 0 aliphatic heterocycles. The lowest BCUT2D eigenvalue weighted by Crippen LogP contribution is -2.61. The zero-order valence-corrected chi connectivity index (χ0v) is 11.7. The van der Waals surface area contributed by atoms with Crippen LogP contribution in [0.3, 0.4) is 0 Å². The first-order valence-corrected chi connectivity index (χ1v) is 6.39. The molecule has 0 radical (unpaired) electrons. The van der Waals surface area contributed by atoms with Crippen molar-refractivity contribution in [1.82, 2.24) is 10.3 Å². The predicted molar refractivity (Wildman–Crippen MR) is 71.6 cm³/mol. The van der Waals surface area contributed by atoms with Gasteiger partial charge in [0.1, 0.15) is 5.69 Å². The SMILES string of the molecule is COC1CC(NC(=O)c2ccc(C(=O)O)cn2)C1(C)C. The van der Waals surface area contributed by atoms with Crippen LogP contribution in [-0.4, -0.2) is 41.2 Å². The molecule has 1 aromatic heterocycles. The number of nitrogens with one attached hydrogen (secondary N) is 1. The van der Waals surface area contributed by atoms with Crippen LogP contribution in [0.15, 0.2) is 18.3 Å². The highest BCUT2D eigenvalue weighted by atomic mass is 16.5. The highest BCUT2D eigenvalue weighted by Gasteiger charge is 2.49. The number of pyridine rings is 1. The van der Waals surface area contributed by atoms with Crippen LogP contribution >= 0.6 is 0 Å². The Labute approximate surface area is 117 Å². The molecule has 0 spiro atoms. The standard InChI is InChI=1S/C14H18N2O4/c1-14(2)10(6-11(14)20-3)16-12(17)9-5-4-8(7-15-9)13(18)19/h4-5,7,10-11H,6H2,1-3H3,(H,16,17)(H,18,19). The van der Waals surface area contributed by atoms with Gasteiger partial charge in [0.05, 0.1) is 11.7 Å². The lowest BCUT2D eigenvalue weighted by atomic mass is 9.64. The van der Waals surface area contributed by atoms with Gasteiger partial charge in [-0.05, 0) is 18.6 Å². The summed E-state index contributed by atoms with van der Waals surface area (Å²) >= 11 is 0. The number of carboxylic acid groups (broad SMARTS) is 1. The summed E-state index contributed by atoms with van der Waals surface area (Å²) in [5, 5.41) is 11.7. The van der Waals surface area contributed by atoms with Gasteiger partial charge in [-0.3, -0.25) is 9.78 Å². The fourth-order valence-corrected chi connectivity index (χ4v) is 2.42. The minimum Gasteiger partial charge on any atom is -0.478 e. The summed E-state index contributed by atoms with van der Waals surface area (Å²) in [4.78, 5) is 26.6. The number of carboxylic acids is 1. The molecule has 2 unspecified atom stereocenters. The molecular weight excluding hydrogens is 260 g/mol. The molecule has 1 fully saturated rings. The number of hydrogen-bond donors (Lipinski definition) is 2. The number of aromatic nitrogens is 1. The largest absolute Gasteiger partial charge is 0.478 e. The Balaban J connectivity index is 2.01. The van der Waals surface area contributed by atoms with Crippen molar-refractivity contribution >= 4 is 11.9 Å². The van der Waals surface area contributed by atoms with Crippen molar-refractivity contribution in [3.05, 3.63) is 29.6 Å². The Morgan fingerprint density at radius 2 is 2.15 bits per heavy atom. The molecule has 6 heteroatoms. The molecule has 1 aliphatic carbocycles. The van der Waals surface area contributed by atoms with E-state index in [4.69, 9.17) is 9.84 Å². The number of carbonyl (C=O) groups excluding carboxylic acids is 1. The van der Waals surface area contributed by atoms with E-state index in [2.05, 4.69) is 10.3 Å². The third-order valence-electron chi connectivity index (χ3n) is 4.01. The summed E-state index contributed by atoms with van der Waals surface area (Å²) in [6, 6.07) is 2.81. The summed E-state index contributed by atoms with van der Waals surface area (Å²) in [5.74, 6) is -1.36. The van der Waals surface area contributed by atoms with Gasteiger partial charge in [0, 0.05) is 24.8 Å². The van der Waals surface area contributed by atoms with Gasteiger partial charge in [-0.2, -0.15) is 0 Å². The molecule has 1 heterocycles. The molecule has 6 nitrogen and oxygen atoms in total. The van der Waals surface area contributed by atoms with Crippen LogP contribution in [0.4, 0.5) is 0 Å². The van der Waals surface area contributed by atoms with Crippen molar-refractivity contribution in [2.45, 2.75) is 32.4 Å². The van der Waals surface area contributed by atoms with Gasteiger partial charge in [0.15, 0.2) is 0 Å². The van der Waals surface area contributed by atoms with Crippen molar-refractivity contribution in [3.8, 4) is 0 Å². The van der Waals surface area contributed by atoms with E-state index in [1.54, 1.807) is 7.11 Å².